The molecule has 0 saturated heterocycles. The van der Waals surface area contributed by atoms with Gasteiger partial charge in [0.25, 0.3) is 0 Å². The van der Waals surface area contributed by atoms with Gasteiger partial charge in [-0.1, -0.05) is 11.3 Å². The first-order valence-electron chi connectivity index (χ1n) is 0.967. The molecular weight excluding hydrogens is 57.8 g/mol. The van der Waals surface area contributed by atoms with Crippen molar-refractivity contribution in [3.63, 3.8) is 0 Å². The van der Waals surface area contributed by atoms with Gasteiger partial charge in [-0.25, -0.2) is 0 Å². The zero-order valence-electron chi connectivity index (χ0n) is 2.36. The van der Waals surface area contributed by atoms with Gasteiger partial charge < -0.3 is 0 Å². The van der Waals surface area contributed by atoms with Gasteiger partial charge in [0.2, 0.25) is 0 Å². The maximum Gasteiger partial charge on any atom is 0.348 e. The summed E-state index contributed by atoms with van der Waals surface area (Å²) in [6.45, 7) is 1.46. The molecule has 0 aliphatic heterocycles. The summed E-state index contributed by atoms with van der Waals surface area (Å²) in [6.07, 6.45) is 0. The average Bonchev–Trinajstić information content (AvgIpc) is 1.37. The molecule has 3 heteroatoms. The molecule has 0 amide bonds. The molecule has 0 aromatic rings. The van der Waals surface area contributed by atoms with Gasteiger partial charge in [-0.05, 0) is 0 Å². The van der Waals surface area contributed by atoms with E-state index in [2.05, 4.69) is 4.86 Å². The maximum absolute atomic E-state index is 10.2. The van der Waals surface area contributed by atoms with Gasteiger partial charge in [0.05, 0.1) is 0 Å². The number of hydrogen-bond acceptors (Lipinski definition) is 1. The van der Waals surface area contributed by atoms with Crippen LogP contribution in [0.4, 0.5) is 4.53 Å². The highest BCUT2D eigenvalue weighted by atomic mass is 19.3. The SMILES string of the molecule is C[B]OF. The third kappa shape index (κ3) is 1.95. The van der Waals surface area contributed by atoms with Crippen molar-refractivity contribution < 1.29 is 9.39 Å². The Hall–Kier alpha value is -0.0451. The van der Waals surface area contributed by atoms with Crippen molar-refractivity contribution in [2.75, 3.05) is 0 Å². The summed E-state index contributed by atoms with van der Waals surface area (Å²) in [7, 11) is 0.958. The molecule has 0 aromatic carbocycles. The summed E-state index contributed by atoms with van der Waals surface area (Å²) >= 11 is 0. The second-order valence-corrected chi connectivity index (χ2v) is 0.325. The fourth-order valence-electron chi connectivity index (χ4n) is 0. The molecule has 1 nitrogen and oxygen atoms in total. The van der Waals surface area contributed by atoms with Crippen LogP contribution in [0.5, 0.6) is 0 Å². The van der Waals surface area contributed by atoms with Gasteiger partial charge in [0.15, 0.2) is 0 Å². The smallest absolute Gasteiger partial charge is 0.270 e. The molecule has 0 bridgehead atoms. The van der Waals surface area contributed by atoms with E-state index in [-0.39, 0.29) is 0 Å². The summed E-state index contributed by atoms with van der Waals surface area (Å²) in [5.74, 6) is 0. The highest BCUT2D eigenvalue weighted by Gasteiger charge is 1.67. The third-order valence-corrected chi connectivity index (χ3v) is 0.0891. The van der Waals surface area contributed by atoms with Crippen LogP contribution in [0.3, 0.4) is 0 Å². The topological polar surface area (TPSA) is 9.23 Å². The molecule has 0 aromatic heterocycles. The molecule has 0 unspecified atom stereocenters. The first-order valence-corrected chi connectivity index (χ1v) is 0.967. The zero-order valence-corrected chi connectivity index (χ0v) is 2.36. The largest absolute Gasteiger partial charge is 0.348 e. The third-order valence-electron chi connectivity index (χ3n) is 0.0891. The Morgan fingerprint density at radius 2 is 2.25 bits per heavy atom. The van der Waals surface area contributed by atoms with Crippen LogP contribution in [0.15, 0.2) is 0 Å². The quantitative estimate of drug-likeness (QED) is 0.402. The van der Waals surface area contributed by atoms with Gasteiger partial charge >= 0.3 is 7.48 Å². The van der Waals surface area contributed by atoms with Crippen molar-refractivity contribution in [1.82, 2.24) is 0 Å². The Bertz CT molecular complexity index is 10.0. The first kappa shape index (κ1) is 3.95. The van der Waals surface area contributed by atoms with Crippen LogP contribution in [-0.4, -0.2) is 7.48 Å². The Labute approximate surface area is 24.9 Å². The molecular formula is CH3BFO. The van der Waals surface area contributed by atoms with Crippen molar-refractivity contribution >= 4 is 7.48 Å². The van der Waals surface area contributed by atoms with E-state index in [0.29, 0.717) is 0 Å². The molecule has 0 spiro atoms. The van der Waals surface area contributed by atoms with Crippen LogP contribution < -0.4 is 0 Å². The van der Waals surface area contributed by atoms with Crippen molar-refractivity contribution in [3.05, 3.63) is 0 Å². The van der Waals surface area contributed by atoms with Crippen molar-refractivity contribution in [1.29, 1.82) is 0 Å². The predicted octanol–water partition coefficient (Wildman–Crippen LogP) is 0.555. The normalized spacial score (nSPS) is 6.50. The molecule has 23 valence electrons. The van der Waals surface area contributed by atoms with Crippen LogP contribution in [0.25, 0.3) is 0 Å². The summed E-state index contributed by atoms with van der Waals surface area (Å²) in [5.41, 5.74) is 0. The number of hydrogen-bond donors (Lipinski definition) is 0. The number of halogens is 1. The van der Waals surface area contributed by atoms with Crippen LogP contribution in [0.1, 0.15) is 0 Å². The van der Waals surface area contributed by atoms with Crippen LogP contribution in [-0.2, 0) is 4.86 Å². The van der Waals surface area contributed by atoms with Gasteiger partial charge in [-0.3, -0.25) is 4.86 Å². The van der Waals surface area contributed by atoms with E-state index >= 15 is 0 Å². The predicted molar refractivity (Wildman–Crippen MR) is 13.8 cm³/mol. The molecule has 4 heavy (non-hydrogen) atoms. The van der Waals surface area contributed by atoms with E-state index in [0.717, 1.165) is 7.48 Å². The summed E-state index contributed by atoms with van der Waals surface area (Å²) in [6, 6.07) is 0. The second kappa shape index (κ2) is 2.95. The molecule has 0 aliphatic carbocycles. The van der Waals surface area contributed by atoms with E-state index in [1.807, 2.05) is 0 Å². The van der Waals surface area contributed by atoms with Gasteiger partial charge in [-0.2, -0.15) is 0 Å². The lowest BCUT2D eigenvalue weighted by Gasteiger charge is -1.64. The minimum absolute atomic E-state index is 0.958. The van der Waals surface area contributed by atoms with Crippen molar-refractivity contribution in [2.45, 2.75) is 6.82 Å². The lowest BCUT2D eigenvalue weighted by molar-refractivity contribution is -0.00160. The van der Waals surface area contributed by atoms with E-state index in [1.54, 1.807) is 0 Å². The minimum Gasteiger partial charge on any atom is -0.270 e. The molecule has 0 saturated carbocycles. The standard InChI is InChI=1S/CH3BFO/c1-2-4-3/h1H3. The van der Waals surface area contributed by atoms with Crippen LogP contribution in [0, 0.1) is 0 Å². The van der Waals surface area contributed by atoms with Crippen LogP contribution in [0.2, 0.25) is 6.82 Å². The first-order chi connectivity index (χ1) is 1.91. The second-order valence-electron chi connectivity index (χ2n) is 0.325. The molecule has 0 rings (SSSR count). The molecule has 0 N–H and O–H groups in total. The Morgan fingerprint density at radius 1 is 2.00 bits per heavy atom. The Morgan fingerprint density at radius 3 is 2.25 bits per heavy atom. The van der Waals surface area contributed by atoms with Gasteiger partial charge in [-0.15, -0.1) is 0 Å². The van der Waals surface area contributed by atoms with E-state index in [9.17, 15) is 4.53 Å². The Kier molecular flexibility index (Phi) is 2.92. The average molecular weight is 60.8 g/mol. The minimum atomic E-state index is 0.958. The monoisotopic (exact) mass is 61.0 g/mol. The van der Waals surface area contributed by atoms with Gasteiger partial charge in [0.1, 0.15) is 0 Å². The highest BCUT2D eigenvalue weighted by molar-refractivity contribution is 6.24. The van der Waals surface area contributed by atoms with Crippen molar-refractivity contribution in [2.24, 2.45) is 0 Å². The molecule has 1 radical (unpaired) electrons. The molecule has 0 atom stereocenters. The van der Waals surface area contributed by atoms with Crippen molar-refractivity contribution in [3.8, 4) is 0 Å². The molecule has 0 heterocycles. The van der Waals surface area contributed by atoms with Gasteiger partial charge in [0, 0.05) is 0 Å². The Balaban J connectivity index is 1.97. The lowest BCUT2D eigenvalue weighted by Crippen LogP contribution is -1.73. The van der Waals surface area contributed by atoms with Crippen LogP contribution >= 0.6 is 0 Å². The maximum atomic E-state index is 10.2. The highest BCUT2D eigenvalue weighted by Crippen LogP contribution is 1.59. The summed E-state index contributed by atoms with van der Waals surface area (Å²) in [4.78, 5) is 2.92. The summed E-state index contributed by atoms with van der Waals surface area (Å²) < 4.78 is 10.2. The molecule has 0 aliphatic rings. The van der Waals surface area contributed by atoms with E-state index in [4.69, 9.17) is 0 Å². The lowest BCUT2D eigenvalue weighted by atomic mass is 10.1. The van der Waals surface area contributed by atoms with E-state index in [1.165, 1.54) is 6.82 Å². The zero-order chi connectivity index (χ0) is 3.41. The fourth-order valence-corrected chi connectivity index (χ4v) is 0. The molecule has 0 fully saturated rings. The van der Waals surface area contributed by atoms with E-state index < -0.39 is 0 Å². The summed E-state index contributed by atoms with van der Waals surface area (Å²) in [5, 5.41) is 0. The number of rotatable bonds is 1. The fraction of sp³-hybridized carbons (Fsp3) is 1.00.